The second kappa shape index (κ2) is 11.4. The van der Waals surface area contributed by atoms with Crippen molar-refractivity contribution >= 4 is 17.5 Å². The Kier molecular flexibility index (Phi) is 8.33. The predicted octanol–water partition coefficient (Wildman–Crippen LogP) is 2.68. The molecule has 0 bridgehead atoms. The fourth-order valence-corrected chi connectivity index (χ4v) is 3.75. The van der Waals surface area contributed by atoms with E-state index in [1.165, 1.54) is 0 Å². The van der Waals surface area contributed by atoms with Gasteiger partial charge in [0.05, 0.1) is 27.9 Å². The summed E-state index contributed by atoms with van der Waals surface area (Å²) < 4.78 is 15.6. The van der Waals surface area contributed by atoms with Gasteiger partial charge in [0.2, 0.25) is 11.8 Å². The number of carbonyl (C=O) groups excluding carboxylic acids is 2. The van der Waals surface area contributed by atoms with E-state index >= 15 is 0 Å². The number of likely N-dealkylation sites (tertiary alicyclic amines) is 1. The van der Waals surface area contributed by atoms with Crippen molar-refractivity contribution in [3.05, 3.63) is 48.0 Å². The van der Waals surface area contributed by atoms with Crippen LogP contribution in [0.4, 0.5) is 5.69 Å². The minimum absolute atomic E-state index is 0.0293. The molecule has 1 saturated heterocycles. The van der Waals surface area contributed by atoms with Gasteiger partial charge in [-0.1, -0.05) is 12.1 Å². The number of nitrogens with one attached hydrogen (secondary N) is 2. The third kappa shape index (κ3) is 6.37. The molecular formula is C24H31N3O5. The van der Waals surface area contributed by atoms with E-state index in [9.17, 15) is 9.59 Å². The molecule has 32 heavy (non-hydrogen) atoms. The number of nitrogens with zero attached hydrogens (tertiary/aromatic N) is 1. The van der Waals surface area contributed by atoms with Crippen molar-refractivity contribution < 1.29 is 23.8 Å². The molecule has 1 fully saturated rings. The van der Waals surface area contributed by atoms with Gasteiger partial charge in [-0.25, -0.2) is 0 Å². The number of ether oxygens (including phenoxy) is 3. The molecule has 1 aliphatic rings. The van der Waals surface area contributed by atoms with Crippen molar-refractivity contribution in [2.75, 3.05) is 46.3 Å². The molecule has 2 aromatic rings. The van der Waals surface area contributed by atoms with E-state index < -0.39 is 0 Å². The summed E-state index contributed by atoms with van der Waals surface area (Å²) in [5.74, 6) is 1.90. The molecular weight excluding hydrogens is 410 g/mol. The second-order valence-electron chi connectivity index (χ2n) is 7.73. The first-order chi connectivity index (χ1) is 15.5. The Bertz CT molecular complexity index is 908. The SMILES string of the molecule is COc1ccc(CNC(=O)C2CCN(CC(=O)Nc3ccc(OC)c(OC)c3)CC2)cc1. The lowest BCUT2D eigenvalue weighted by Crippen LogP contribution is -2.43. The van der Waals surface area contributed by atoms with Gasteiger partial charge in [0.1, 0.15) is 5.75 Å². The molecule has 1 heterocycles. The number of benzene rings is 2. The number of piperidine rings is 1. The monoisotopic (exact) mass is 441 g/mol. The maximum atomic E-state index is 12.5. The van der Waals surface area contributed by atoms with Crippen molar-refractivity contribution in [1.82, 2.24) is 10.2 Å². The highest BCUT2D eigenvalue weighted by Gasteiger charge is 2.25. The maximum Gasteiger partial charge on any atom is 0.238 e. The van der Waals surface area contributed by atoms with Crippen LogP contribution in [0.2, 0.25) is 0 Å². The van der Waals surface area contributed by atoms with E-state index in [1.807, 2.05) is 24.3 Å². The summed E-state index contributed by atoms with van der Waals surface area (Å²) in [7, 11) is 4.75. The number of carbonyl (C=O) groups is 2. The second-order valence-corrected chi connectivity index (χ2v) is 7.73. The zero-order chi connectivity index (χ0) is 22.9. The van der Waals surface area contributed by atoms with Gasteiger partial charge in [-0.05, 0) is 55.8 Å². The molecule has 8 nitrogen and oxygen atoms in total. The van der Waals surface area contributed by atoms with Crippen LogP contribution in [0.5, 0.6) is 17.2 Å². The molecule has 8 heteroatoms. The molecule has 172 valence electrons. The number of hydrogen-bond acceptors (Lipinski definition) is 6. The van der Waals surface area contributed by atoms with Crippen LogP contribution in [0.25, 0.3) is 0 Å². The molecule has 0 unspecified atom stereocenters. The van der Waals surface area contributed by atoms with E-state index in [0.29, 0.717) is 36.8 Å². The number of hydrogen-bond donors (Lipinski definition) is 2. The summed E-state index contributed by atoms with van der Waals surface area (Å²) >= 11 is 0. The summed E-state index contributed by atoms with van der Waals surface area (Å²) in [4.78, 5) is 27.0. The van der Waals surface area contributed by atoms with Gasteiger partial charge in [0.15, 0.2) is 11.5 Å². The summed E-state index contributed by atoms with van der Waals surface area (Å²) in [6, 6.07) is 12.9. The van der Waals surface area contributed by atoms with Gasteiger partial charge in [-0.3, -0.25) is 14.5 Å². The highest BCUT2D eigenvalue weighted by atomic mass is 16.5. The Morgan fingerprint density at radius 1 is 0.938 bits per heavy atom. The Labute approximate surface area is 188 Å². The number of methoxy groups -OCH3 is 3. The molecule has 0 aromatic heterocycles. The van der Waals surface area contributed by atoms with Crippen LogP contribution in [-0.2, 0) is 16.1 Å². The first-order valence-electron chi connectivity index (χ1n) is 10.7. The fraction of sp³-hybridized carbons (Fsp3) is 0.417. The molecule has 3 rings (SSSR count). The Morgan fingerprint density at radius 3 is 2.25 bits per heavy atom. The molecule has 2 aromatic carbocycles. The molecule has 2 N–H and O–H groups in total. The van der Waals surface area contributed by atoms with E-state index in [4.69, 9.17) is 14.2 Å². The first kappa shape index (κ1) is 23.4. The molecule has 2 amide bonds. The lowest BCUT2D eigenvalue weighted by molar-refractivity contribution is -0.126. The fourth-order valence-electron chi connectivity index (χ4n) is 3.75. The van der Waals surface area contributed by atoms with Crippen LogP contribution in [0.1, 0.15) is 18.4 Å². The van der Waals surface area contributed by atoms with Crippen LogP contribution in [0, 0.1) is 5.92 Å². The summed E-state index contributed by atoms with van der Waals surface area (Å²) in [6.45, 7) is 2.20. The van der Waals surface area contributed by atoms with E-state index in [2.05, 4.69) is 15.5 Å². The largest absolute Gasteiger partial charge is 0.497 e. The van der Waals surface area contributed by atoms with Gasteiger partial charge >= 0.3 is 0 Å². The van der Waals surface area contributed by atoms with Crippen molar-refractivity contribution in [1.29, 1.82) is 0 Å². The summed E-state index contributed by atoms with van der Waals surface area (Å²) in [5.41, 5.74) is 1.68. The predicted molar refractivity (Wildman–Crippen MR) is 122 cm³/mol. The van der Waals surface area contributed by atoms with Crippen molar-refractivity contribution in [2.45, 2.75) is 19.4 Å². The van der Waals surface area contributed by atoms with Crippen LogP contribution >= 0.6 is 0 Å². The van der Waals surface area contributed by atoms with E-state index in [1.54, 1.807) is 39.5 Å². The molecule has 0 radical (unpaired) electrons. The standard InChI is InChI=1S/C24H31N3O5/c1-30-20-7-4-17(5-8-20)15-25-24(29)18-10-12-27(13-11-18)16-23(28)26-19-6-9-21(31-2)22(14-19)32-3/h4-9,14,18H,10-13,15-16H2,1-3H3,(H,25,29)(H,26,28). The molecule has 0 spiro atoms. The lowest BCUT2D eigenvalue weighted by Gasteiger charge is -2.30. The van der Waals surface area contributed by atoms with Crippen molar-refractivity contribution in [3.63, 3.8) is 0 Å². The molecule has 0 aliphatic carbocycles. The highest BCUT2D eigenvalue weighted by molar-refractivity contribution is 5.92. The van der Waals surface area contributed by atoms with Gasteiger partial charge in [0, 0.05) is 24.2 Å². The van der Waals surface area contributed by atoms with Crippen LogP contribution in [0.15, 0.2) is 42.5 Å². The van der Waals surface area contributed by atoms with Crippen LogP contribution in [-0.4, -0.2) is 57.7 Å². The molecule has 1 aliphatic heterocycles. The number of anilines is 1. The topological polar surface area (TPSA) is 89.1 Å². The van der Waals surface area contributed by atoms with Gasteiger partial charge in [-0.15, -0.1) is 0 Å². The zero-order valence-electron chi connectivity index (χ0n) is 18.8. The van der Waals surface area contributed by atoms with Gasteiger partial charge in [-0.2, -0.15) is 0 Å². The third-order valence-corrected chi connectivity index (χ3v) is 5.62. The highest BCUT2D eigenvalue weighted by Crippen LogP contribution is 2.29. The van der Waals surface area contributed by atoms with E-state index in [0.717, 1.165) is 24.2 Å². The van der Waals surface area contributed by atoms with Gasteiger partial charge < -0.3 is 24.8 Å². The Morgan fingerprint density at radius 2 is 1.62 bits per heavy atom. The normalized spacial score (nSPS) is 14.5. The van der Waals surface area contributed by atoms with Crippen LogP contribution in [0.3, 0.4) is 0 Å². The third-order valence-electron chi connectivity index (χ3n) is 5.62. The maximum absolute atomic E-state index is 12.5. The Balaban J connectivity index is 1.41. The average Bonchev–Trinajstić information content (AvgIpc) is 2.83. The molecule has 0 saturated carbocycles. The Hall–Kier alpha value is -3.26. The average molecular weight is 442 g/mol. The van der Waals surface area contributed by atoms with E-state index in [-0.39, 0.29) is 24.3 Å². The minimum atomic E-state index is -0.0976. The zero-order valence-corrected chi connectivity index (χ0v) is 18.8. The minimum Gasteiger partial charge on any atom is -0.497 e. The summed E-state index contributed by atoms with van der Waals surface area (Å²) in [6.07, 6.45) is 1.47. The van der Waals surface area contributed by atoms with Crippen LogP contribution < -0.4 is 24.8 Å². The smallest absolute Gasteiger partial charge is 0.238 e. The number of rotatable bonds is 9. The first-order valence-corrected chi connectivity index (χ1v) is 10.7. The quantitative estimate of drug-likeness (QED) is 0.622. The van der Waals surface area contributed by atoms with Gasteiger partial charge in [0.25, 0.3) is 0 Å². The van der Waals surface area contributed by atoms with Crippen molar-refractivity contribution in [3.8, 4) is 17.2 Å². The lowest BCUT2D eigenvalue weighted by atomic mass is 9.96. The molecule has 0 atom stereocenters. The van der Waals surface area contributed by atoms with Crippen molar-refractivity contribution in [2.24, 2.45) is 5.92 Å². The number of amides is 2. The summed E-state index contributed by atoms with van der Waals surface area (Å²) in [5, 5.41) is 5.91.